The molecular formula is C17H24O6. The first-order valence-electron chi connectivity index (χ1n) is 7.83. The first kappa shape index (κ1) is 18.8. The van der Waals surface area contributed by atoms with Gasteiger partial charge in [0.05, 0.1) is 25.6 Å². The second-order valence-corrected chi connectivity index (χ2v) is 5.14. The van der Waals surface area contributed by atoms with Crippen LogP contribution in [-0.2, 0) is 9.59 Å². The lowest BCUT2D eigenvalue weighted by Crippen LogP contribution is -2.17. The Balaban J connectivity index is 0.000000232. The molecule has 0 aromatic carbocycles. The first-order chi connectivity index (χ1) is 10.9. The third-order valence-electron chi connectivity index (χ3n) is 3.28. The van der Waals surface area contributed by atoms with Crippen LogP contribution in [0.4, 0.5) is 0 Å². The monoisotopic (exact) mass is 324 g/mol. The number of carboxylic acids is 2. The van der Waals surface area contributed by atoms with E-state index in [0.29, 0.717) is 26.1 Å². The molecule has 1 unspecified atom stereocenters. The largest absolute Gasteiger partial charge is 0.490 e. The summed E-state index contributed by atoms with van der Waals surface area (Å²) in [4.78, 5) is 20.5. The molecule has 0 amide bonds. The number of hydrogen-bond acceptors (Lipinski definition) is 4. The minimum atomic E-state index is -1.05. The minimum absolute atomic E-state index is 0.275. The van der Waals surface area contributed by atoms with Crippen molar-refractivity contribution < 1.29 is 29.3 Å². The van der Waals surface area contributed by atoms with E-state index in [1.54, 1.807) is 0 Å². The average Bonchev–Trinajstić information content (AvgIpc) is 3.16. The molecule has 0 aliphatic heterocycles. The molecule has 0 saturated carbocycles. The fourth-order valence-corrected chi connectivity index (χ4v) is 2.20. The highest BCUT2D eigenvalue weighted by atomic mass is 16.5. The van der Waals surface area contributed by atoms with Gasteiger partial charge in [0, 0.05) is 5.56 Å². The molecular weight excluding hydrogens is 300 g/mol. The summed E-state index contributed by atoms with van der Waals surface area (Å²) in [6, 6.07) is 4.14. The van der Waals surface area contributed by atoms with E-state index in [-0.39, 0.29) is 6.42 Å². The number of carbonyl (C=O) groups is 2. The van der Waals surface area contributed by atoms with Crippen molar-refractivity contribution in [3.05, 3.63) is 12.1 Å². The highest BCUT2D eigenvalue weighted by molar-refractivity contribution is 5.91. The Kier molecular flexibility index (Phi) is 7.38. The van der Waals surface area contributed by atoms with E-state index in [0.717, 1.165) is 11.5 Å². The quantitative estimate of drug-likeness (QED) is 0.734. The number of carboxylic acid groups (broad SMARTS) is 2. The van der Waals surface area contributed by atoms with Crippen LogP contribution in [0.1, 0.15) is 40.0 Å². The van der Waals surface area contributed by atoms with Gasteiger partial charge in [0.1, 0.15) is 0 Å². The van der Waals surface area contributed by atoms with Crippen molar-refractivity contribution in [2.75, 3.05) is 13.2 Å². The molecule has 2 aliphatic rings. The Morgan fingerprint density at radius 3 is 2.22 bits per heavy atom. The van der Waals surface area contributed by atoms with Crippen LogP contribution >= 0.6 is 0 Å². The van der Waals surface area contributed by atoms with Gasteiger partial charge in [0.25, 0.3) is 0 Å². The molecule has 0 aromatic heterocycles. The SMILES string of the molecule is CCCC(CC(=O)O)C(=O)O.CCOc1cc2cc-2c1OCC. The number of benzene rings is 1. The minimum Gasteiger partial charge on any atom is -0.490 e. The van der Waals surface area contributed by atoms with Crippen LogP contribution in [-0.4, -0.2) is 35.4 Å². The topological polar surface area (TPSA) is 93.1 Å². The van der Waals surface area contributed by atoms with Gasteiger partial charge in [-0.25, -0.2) is 0 Å². The highest BCUT2D eigenvalue weighted by Gasteiger charge is 2.25. The van der Waals surface area contributed by atoms with Gasteiger partial charge >= 0.3 is 11.9 Å². The van der Waals surface area contributed by atoms with E-state index in [9.17, 15) is 9.59 Å². The van der Waals surface area contributed by atoms with Crippen LogP contribution in [0.25, 0.3) is 11.1 Å². The van der Waals surface area contributed by atoms with Gasteiger partial charge in [0.15, 0.2) is 11.5 Å². The Bertz CT molecular complexity index is 552. The maximum absolute atomic E-state index is 10.4. The van der Waals surface area contributed by atoms with Crippen molar-refractivity contribution in [1.82, 2.24) is 0 Å². The lowest BCUT2D eigenvalue weighted by molar-refractivity contribution is -0.148. The lowest BCUT2D eigenvalue weighted by atomic mass is 10.0. The van der Waals surface area contributed by atoms with E-state index in [1.807, 2.05) is 26.8 Å². The molecule has 0 bridgehead atoms. The van der Waals surface area contributed by atoms with E-state index >= 15 is 0 Å². The van der Waals surface area contributed by atoms with Gasteiger partial charge < -0.3 is 19.7 Å². The third kappa shape index (κ3) is 5.81. The van der Waals surface area contributed by atoms with E-state index in [4.69, 9.17) is 19.7 Å². The van der Waals surface area contributed by atoms with Crippen LogP contribution in [0.15, 0.2) is 12.1 Å². The summed E-state index contributed by atoms with van der Waals surface area (Å²) in [5.74, 6) is -0.973. The molecule has 1 atom stereocenters. The summed E-state index contributed by atoms with van der Waals surface area (Å²) < 4.78 is 10.9. The van der Waals surface area contributed by atoms with Crippen molar-refractivity contribution in [2.24, 2.45) is 5.92 Å². The van der Waals surface area contributed by atoms with Crippen molar-refractivity contribution >= 4 is 11.9 Å². The smallest absolute Gasteiger partial charge is 0.307 e. The predicted octanol–water partition coefficient (Wildman–Crippen LogP) is 3.43. The van der Waals surface area contributed by atoms with Gasteiger partial charge in [-0.15, -0.1) is 0 Å². The Hall–Kier alpha value is -2.24. The summed E-state index contributed by atoms with van der Waals surface area (Å²) in [5, 5.41) is 16.8. The molecule has 0 radical (unpaired) electrons. The maximum atomic E-state index is 10.4. The van der Waals surface area contributed by atoms with Gasteiger partial charge in [0.2, 0.25) is 0 Å². The fraction of sp³-hybridized carbons (Fsp3) is 0.529. The van der Waals surface area contributed by atoms with Crippen LogP contribution in [0.3, 0.4) is 0 Å². The van der Waals surface area contributed by atoms with E-state index in [1.165, 1.54) is 11.1 Å². The molecule has 0 fully saturated rings. The zero-order valence-electron chi connectivity index (χ0n) is 13.8. The summed E-state index contributed by atoms with van der Waals surface area (Å²) in [6.45, 7) is 7.19. The molecule has 2 rings (SSSR count). The fourth-order valence-electron chi connectivity index (χ4n) is 2.20. The van der Waals surface area contributed by atoms with Crippen molar-refractivity contribution in [2.45, 2.75) is 40.0 Å². The normalized spacial score (nSPS) is 11.8. The summed E-state index contributed by atoms with van der Waals surface area (Å²) >= 11 is 0. The molecule has 6 heteroatoms. The molecule has 0 aromatic rings. The van der Waals surface area contributed by atoms with Crippen LogP contribution in [0, 0.1) is 5.92 Å². The molecule has 0 heterocycles. The van der Waals surface area contributed by atoms with Gasteiger partial charge in [-0.1, -0.05) is 13.3 Å². The van der Waals surface area contributed by atoms with Crippen LogP contribution in [0.5, 0.6) is 11.5 Å². The van der Waals surface area contributed by atoms with Crippen molar-refractivity contribution in [3.8, 4) is 22.6 Å². The van der Waals surface area contributed by atoms with E-state index < -0.39 is 17.9 Å². The summed E-state index contributed by atoms with van der Waals surface area (Å²) in [7, 11) is 0. The van der Waals surface area contributed by atoms with E-state index in [2.05, 4.69) is 6.07 Å². The van der Waals surface area contributed by atoms with Crippen LogP contribution in [0.2, 0.25) is 0 Å². The second kappa shape index (κ2) is 9.02. The summed E-state index contributed by atoms with van der Waals surface area (Å²) in [6.07, 6.45) is 0.856. The van der Waals surface area contributed by atoms with Crippen molar-refractivity contribution in [3.63, 3.8) is 0 Å². The second-order valence-electron chi connectivity index (χ2n) is 5.14. The molecule has 0 spiro atoms. The standard InChI is InChI=1S/C10H12O2.C7H12O4/c1-3-11-9-6-7-5-8(7)10(9)12-4-2;1-2-3-5(7(10)11)4-6(8)9/h5-6H,3-4H2,1-2H3;5H,2-4H2,1H3,(H,8,9)(H,10,11). The average molecular weight is 324 g/mol. The predicted molar refractivity (Wildman–Crippen MR) is 86.1 cm³/mol. The number of rotatable bonds is 9. The van der Waals surface area contributed by atoms with Gasteiger partial charge in [-0.05, 0) is 38.0 Å². The Morgan fingerprint density at radius 1 is 1.09 bits per heavy atom. The zero-order chi connectivity index (χ0) is 17.4. The molecule has 2 aliphatic carbocycles. The summed E-state index contributed by atoms with van der Waals surface area (Å²) in [5.41, 5.74) is 2.49. The molecule has 6 nitrogen and oxygen atoms in total. The Morgan fingerprint density at radius 2 is 1.74 bits per heavy atom. The third-order valence-corrected chi connectivity index (χ3v) is 3.28. The zero-order valence-corrected chi connectivity index (χ0v) is 13.8. The van der Waals surface area contributed by atoms with Gasteiger partial charge in [-0.3, -0.25) is 9.59 Å². The molecule has 23 heavy (non-hydrogen) atoms. The van der Waals surface area contributed by atoms with Crippen molar-refractivity contribution in [1.29, 1.82) is 0 Å². The lowest BCUT2D eigenvalue weighted by Gasteiger charge is -2.06. The molecule has 0 saturated heterocycles. The van der Waals surface area contributed by atoms with Gasteiger partial charge in [-0.2, -0.15) is 0 Å². The first-order valence-corrected chi connectivity index (χ1v) is 7.83. The Labute approximate surface area is 136 Å². The number of ether oxygens (including phenoxy) is 2. The van der Waals surface area contributed by atoms with Crippen LogP contribution < -0.4 is 9.47 Å². The number of fused-ring (bicyclic) bond motifs is 1. The highest BCUT2D eigenvalue weighted by Crippen LogP contribution is 2.51. The maximum Gasteiger partial charge on any atom is 0.307 e. The molecule has 128 valence electrons. The molecule has 2 N–H and O–H groups in total. The number of aliphatic carboxylic acids is 2. The number of hydrogen-bond donors (Lipinski definition) is 2.